The number of carbonyl (C=O) groups excluding carboxylic acids is 1. The van der Waals surface area contributed by atoms with Crippen molar-refractivity contribution in [3.8, 4) is 0 Å². The number of aliphatic carboxylic acids is 1. The molecule has 0 spiro atoms. The topological polar surface area (TPSA) is 103 Å². The molecule has 1 aromatic heterocycles. The molecule has 3 N–H and O–H groups in total. The van der Waals surface area contributed by atoms with Gasteiger partial charge in [0.25, 0.3) is 5.78 Å². The molecule has 1 heterocycles. The lowest BCUT2D eigenvalue weighted by atomic mass is 10.1. The molecule has 2 aromatic rings. The molecule has 0 saturated heterocycles. The largest absolute Gasteiger partial charge is 0.505 e. The highest BCUT2D eigenvalue weighted by Crippen LogP contribution is 2.15. The normalized spacial score (nSPS) is 11.4. The average molecular weight is 290 g/mol. The van der Waals surface area contributed by atoms with Gasteiger partial charge in [0.05, 0.1) is 0 Å². The number of carboxylic acid groups (broad SMARTS) is 1. The van der Waals surface area contributed by atoms with Crippen molar-refractivity contribution in [2.75, 3.05) is 0 Å². The molecule has 7 heteroatoms. The lowest BCUT2D eigenvalue weighted by Gasteiger charge is -1.99. The van der Waals surface area contributed by atoms with Crippen molar-refractivity contribution in [2.45, 2.75) is 6.42 Å². The Hall–Kier alpha value is -2.96. The fourth-order valence-corrected chi connectivity index (χ4v) is 1.69. The van der Waals surface area contributed by atoms with Crippen molar-refractivity contribution in [1.29, 1.82) is 0 Å². The number of aliphatic hydroxyl groups excluding tert-OH is 1. The zero-order chi connectivity index (χ0) is 15.4. The van der Waals surface area contributed by atoms with Gasteiger partial charge in [0.2, 0.25) is 0 Å². The monoisotopic (exact) mass is 290 g/mol. The van der Waals surface area contributed by atoms with Crippen LogP contribution < -0.4 is 0 Å². The molecule has 108 valence electrons. The predicted octanol–water partition coefficient (Wildman–Crippen LogP) is 1.69. The van der Waals surface area contributed by atoms with Crippen LogP contribution in [0.4, 0.5) is 4.39 Å². The quantitative estimate of drug-likeness (QED) is 0.441. The van der Waals surface area contributed by atoms with E-state index in [0.29, 0.717) is 17.3 Å². The van der Waals surface area contributed by atoms with E-state index in [9.17, 15) is 19.1 Å². The molecule has 0 aliphatic heterocycles. The third-order valence-electron chi connectivity index (χ3n) is 2.71. The van der Waals surface area contributed by atoms with Crippen LogP contribution in [0.25, 0.3) is 5.76 Å². The Labute approximate surface area is 118 Å². The fourth-order valence-electron chi connectivity index (χ4n) is 1.69. The first-order valence-corrected chi connectivity index (χ1v) is 5.93. The second-order valence-corrected chi connectivity index (χ2v) is 4.25. The van der Waals surface area contributed by atoms with Gasteiger partial charge >= 0.3 is 5.97 Å². The Morgan fingerprint density at radius 1 is 1.29 bits per heavy atom. The van der Waals surface area contributed by atoms with Crippen LogP contribution in [0.3, 0.4) is 0 Å². The summed E-state index contributed by atoms with van der Waals surface area (Å²) in [6.45, 7) is 0. The SMILES string of the molecule is O=C(O)C(=O)C=C(O)c1cc(Cc2ccccc2F)[nH]n1. The number of halogens is 1. The standard InChI is InChI=1S/C14H11FN2O4/c15-10-4-2-1-3-8(10)5-9-6-11(17-16-9)12(18)7-13(19)14(20)21/h1-4,6-7,18H,5H2,(H,16,17)(H,20,21). The van der Waals surface area contributed by atoms with E-state index in [1.54, 1.807) is 18.2 Å². The zero-order valence-corrected chi connectivity index (χ0v) is 10.7. The number of aliphatic hydroxyl groups is 1. The molecule has 21 heavy (non-hydrogen) atoms. The van der Waals surface area contributed by atoms with E-state index in [4.69, 9.17) is 5.11 Å². The number of H-pyrrole nitrogens is 1. The Morgan fingerprint density at radius 2 is 2.00 bits per heavy atom. The van der Waals surface area contributed by atoms with E-state index >= 15 is 0 Å². The summed E-state index contributed by atoms with van der Waals surface area (Å²) in [4.78, 5) is 21.3. The molecular weight excluding hydrogens is 279 g/mol. The van der Waals surface area contributed by atoms with E-state index in [2.05, 4.69) is 10.2 Å². The molecule has 0 saturated carbocycles. The van der Waals surface area contributed by atoms with Gasteiger partial charge in [-0.2, -0.15) is 5.10 Å². The fraction of sp³-hybridized carbons (Fsp3) is 0.0714. The number of benzene rings is 1. The highest BCUT2D eigenvalue weighted by molar-refractivity contribution is 6.38. The lowest BCUT2D eigenvalue weighted by Crippen LogP contribution is -2.09. The van der Waals surface area contributed by atoms with E-state index < -0.39 is 17.5 Å². The summed E-state index contributed by atoms with van der Waals surface area (Å²) >= 11 is 0. The van der Waals surface area contributed by atoms with Crippen LogP contribution in [-0.2, 0) is 16.0 Å². The van der Waals surface area contributed by atoms with E-state index in [0.717, 1.165) is 0 Å². The van der Waals surface area contributed by atoms with Gasteiger partial charge in [0.1, 0.15) is 17.3 Å². The Balaban J connectivity index is 2.17. The number of rotatable bonds is 5. The maximum absolute atomic E-state index is 13.5. The maximum atomic E-state index is 13.5. The van der Waals surface area contributed by atoms with Gasteiger partial charge in [0, 0.05) is 18.2 Å². The van der Waals surface area contributed by atoms with Crippen molar-refractivity contribution in [2.24, 2.45) is 0 Å². The summed E-state index contributed by atoms with van der Waals surface area (Å²) in [5.41, 5.74) is 0.964. The van der Waals surface area contributed by atoms with Crippen molar-refractivity contribution in [3.63, 3.8) is 0 Å². The van der Waals surface area contributed by atoms with E-state index in [1.807, 2.05) is 0 Å². The number of ketones is 1. The Bertz CT molecular complexity index is 721. The van der Waals surface area contributed by atoms with Crippen LogP contribution in [0.5, 0.6) is 0 Å². The van der Waals surface area contributed by atoms with Gasteiger partial charge in [-0.15, -0.1) is 0 Å². The summed E-state index contributed by atoms with van der Waals surface area (Å²) in [6.07, 6.45) is 0.783. The smallest absolute Gasteiger partial charge is 0.376 e. The van der Waals surface area contributed by atoms with Gasteiger partial charge < -0.3 is 10.2 Å². The van der Waals surface area contributed by atoms with Crippen LogP contribution >= 0.6 is 0 Å². The van der Waals surface area contributed by atoms with Crippen LogP contribution in [0.15, 0.2) is 36.4 Å². The zero-order valence-electron chi connectivity index (χ0n) is 10.7. The molecule has 0 amide bonds. The molecule has 2 rings (SSSR count). The van der Waals surface area contributed by atoms with Crippen LogP contribution in [0.1, 0.15) is 17.0 Å². The summed E-state index contributed by atoms with van der Waals surface area (Å²) < 4.78 is 13.5. The third-order valence-corrected chi connectivity index (χ3v) is 2.71. The molecular formula is C14H11FN2O4. The number of carboxylic acids is 1. The molecule has 6 nitrogen and oxygen atoms in total. The Kier molecular flexibility index (Phi) is 4.13. The lowest BCUT2D eigenvalue weighted by molar-refractivity contribution is -0.146. The first-order chi connectivity index (χ1) is 9.97. The molecule has 0 atom stereocenters. The summed E-state index contributed by atoms with van der Waals surface area (Å²) in [5, 5.41) is 24.4. The van der Waals surface area contributed by atoms with Crippen LogP contribution in [0.2, 0.25) is 0 Å². The molecule has 0 aliphatic rings. The number of aromatic nitrogens is 2. The predicted molar refractivity (Wildman–Crippen MR) is 71.0 cm³/mol. The van der Waals surface area contributed by atoms with E-state index in [-0.39, 0.29) is 17.9 Å². The van der Waals surface area contributed by atoms with Gasteiger partial charge in [-0.1, -0.05) is 18.2 Å². The molecule has 0 radical (unpaired) electrons. The highest BCUT2D eigenvalue weighted by Gasteiger charge is 2.13. The van der Waals surface area contributed by atoms with Crippen LogP contribution in [-0.4, -0.2) is 32.2 Å². The summed E-state index contributed by atoms with van der Waals surface area (Å²) in [6, 6.07) is 7.62. The van der Waals surface area contributed by atoms with Crippen molar-refractivity contribution in [3.05, 3.63) is 59.2 Å². The third kappa shape index (κ3) is 3.53. The maximum Gasteiger partial charge on any atom is 0.376 e. The van der Waals surface area contributed by atoms with Gasteiger partial charge in [-0.3, -0.25) is 9.89 Å². The van der Waals surface area contributed by atoms with Gasteiger partial charge in [-0.25, -0.2) is 9.18 Å². The molecule has 0 unspecified atom stereocenters. The van der Waals surface area contributed by atoms with Crippen molar-refractivity contribution in [1.82, 2.24) is 10.2 Å². The minimum absolute atomic E-state index is 0.0101. The minimum Gasteiger partial charge on any atom is -0.505 e. The number of nitrogens with zero attached hydrogens (tertiary/aromatic N) is 1. The summed E-state index contributed by atoms with van der Waals surface area (Å²) in [7, 11) is 0. The first-order valence-electron chi connectivity index (χ1n) is 5.93. The second kappa shape index (κ2) is 6.00. The number of aromatic amines is 1. The molecule has 0 fully saturated rings. The first kappa shape index (κ1) is 14.4. The van der Waals surface area contributed by atoms with Crippen molar-refractivity contribution >= 4 is 17.5 Å². The molecule has 1 aromatic carbocycles. The summed E-state index contributed by atoms with van der Waals surface area (Å²) in [5.74, 6) is -3.87. The average Bonchev–Trinajstić information content (AvgIpc) is 2.90. The van der Waals surface area contributed by atoms with E-state index in [1.165, 1.54) is 12.1 Å². The van der Waals surface area contributed by atoms with Gasteiger partial charge in [0.15, 0.2) is 0 Å². The second-order valence-electron chi connectivity index (χ2n) is 4.25. The minimum atomic E-state index is -1.68. The molecule has 0 aliphatic carbocycles. The number of carbonyl (C=O) groups is 2. The number of hydrogen-bond acceptors (Lipinski definition) is 4. The van der Waals surface area contributed by atoms with Crippen molar-refractivity contribution < 1.29 is 24.2 Å². The Morgan fingerprint density at radius 3 is 2.67 bits per heavy atom. The highest BCUT2D eigenvalue weighted by atomic mass is 19.1. The number of hydrogen-bond donors (Lipinski definition) is 3. The molecule has 0 bridgehead atoms. The van der Waals surface area contributed by atoms with Crippen LogP contribution in [0, 0.1) is 5.82 Å². The van der Waals surface area contributed by atoms with Gasteiger partial charge in [-0.05, 0) is 17.7 Å². The number of nitrogens with one attached hydrogen (secondary N) is 1.